The van der Waals surface area contributed by atoms with Crippen LogP contribution in [0.1, 0.15) is 43.8 Å². The van der Waals surface area contributed by atoms with Crippen molar-refractivity contribution >= 4 is 23.3 Å². The van der Waals surface area contributed by atoms with Crippen LogP contribution in [-0.4, -0.2) is 17.0 Å². The average molecular weight is 327 g/mol. The summed E-state index contributed by atoms with van der Waals surface area (Å²) >= 11 is 0. The highest BCUT2D eigenvalue weighted by molar-refractivity contribution is 6.05. The number of carbonyl (C=O) groups excluding carboxylic acids is 2. The van der Waals surface area contributed by atoms with E-state index in [1.165, 1.54) is 6.08 Å². The highest BCUT2D eigenvalue weighted by atomic mass is 16.5. The topological polar surface area (TPSA) is 84.2 Å². The van der Waals surface area contributed by atoms with E-state index in [0.717, 1.165) is 0 Å². The van der Waals surface area contributed by atoms with Crippen LogP contribution in [-0.2, 0) is 5.41 Å². The van der Waals surface area contributed by atoms with Gasteiger partial charge >= 0.3 is 6.03 Å². The number of ketones is 1. The Labute approximate surface area is 140 Å². The molecule has 6 nitrogen and oxygen atoms in total. The summed E-state index contributed by atoms with van der Waals surface area (Å²) in [6.07, 6.45) is 3.18. The van der Waals surface area contributed by atoms with Crippen LogP contribution in [0.3, 0.4) is 0 Å². The van der Waals surface area contributed by atoms with Crippen molar-refractivity contribution in [2.24, 2.45) is 0 Å². The quantitative estimate of drug-likeness (QED) is 0.645. The van der Waals surface area contributed by atoms with Gasteiger partial charge in [0.05, 0.1) is 0 Å². The van der Waals surface area contributed by atoms with Crippen LogP contribution < -0.4 is 10.6 Å². The number of hydrogen-bond acceptors (Lipinski definition) is 4. The monoisotopic (exact) mass is 327 g/mol. The first-order valence-electron chi connectivity index (χ1n) is 7.62. The highest BCUT2D eigenvalue weighted by Crippen LogP contribution is 2.24. The predicted molar refractivity (Wildman–Crippen MR) is 93.4 cm³/mol. The van der Waals surface area contributed by atoms with Crippen LogP contribution >= 0.6 is 0 Å². The predicted octanol–water partition coefficient (Wildman–Crippen LogP) is 4.37. The van der Waals surface area contributed by atoms with Gasteiger partial charge in [0.15, 0.2) is 11.6 Å². The van der Waals surface area contributed by atoms with Crippen LogP contribution in [0.25, 0.3) is 0 Å². The van der Waals surface area contributed by atoms with Gasteiger partial charge in [0.1, 0.15) is 5.76 Å². The van der Waals surface area contributed by atoms with Crippen molar-refractivity contribution in [3.8, 4) is 0 Å². The molecule has 2 N–H and O–H groups in total. The molecule has 24 heavy (non-hydrogen) atoms. The number of amides is 2. The van der Waals surface area contributed by atoms with E-state index < -0.39 is 6.03 Å². The average Bonchev–Trinajstić information content (AvgIpc) is 2.96. The Morgan fingerprint density at radius 3 is 2.33 bits per heavy atom. The smallest absolute Gasteiger partial charge is 0.324 e. The first kappa shape index (κ1) is 17.5. The Bertz CT molecular complexity index is 753. The number of carbonyl (C=O) groups is 2. The van der Waals surface area contributed by atoms with Crippen LogP contribution in [0.5, 0.6) is 0 Å². The zero-order valence-corrected chi connectivity index (χ0v) is 14.2. The fourth-order valence-corrected chi connectivity index (χ4v) is 1.93. The molecule has 0 spiro atoms. The van der Waals surface area contributed by atoms with Crippen LogP contribution in [0, 0.1) is 0 Å². The molecule has 0 bridgehead atoms. The van der Waals surface area contributed by atoms with Gasteiger partial charge in [0, 0.05) is 22.7 Å². The maximum Gasteiger partial charge on any atom is 0.324 e. The van der Waals surface area contributed by atoms with Crippen molar-refractivity contribution in [1.29, 1.82) is 0 Å². The Balaban J connectivity index is 1.97. The van der Waals surface area contributed by atoms with Crippen molar-refractivity contribution in [3.63, 3.8) is 0 Å². The second-order valence-electron chi connectivity index (χ2n) is 6.35. The van der Waals surface area contributed by atoms with E-state index in [1.807, 2.05) is 20.8 Å². The highest BCUT2D eigenvalue weighted by Gasteiger charge is 2.20. The number of aromatic nitrogens is 1. The lowest BCUT2D eigenvalue weighted by molar-refractivity contribution is 0.104. The molecule has 2 amide bonds. The molecule has 1 aromatic carbocycles. The number of allylic oxidation sites excluding steroid dienone is 2. The molecule has 126 valence electrons. The number of nitrogens with one attached hydrogen (secondary N) is 2. The van der Waals surface area contributed by atoms with Gasteiger partial charge in [-0.2, -0.15) is 0 Å². The second kappa shape index (κ2) is 7.12. The number of nitrogens with zero attached hydrogens (tertiary/aromatic N) is 1. The van der Waals surface area contributed by atoms with Crippen molar-refractivity contribution in [1.82, 2.24) is 5.16 Å². The van der Waals surface area contributed by atoms with Crippen LogP contribution in [0.15, 0.2) is 47.0 Å². The zero-order chi connectivity index (χ0) is 17.7. The Morgan fingerprint density at radius 2 is 1.79 bits per heavy atom. The summed E-state index contributed by atoms with van der Waals surface area (Å²) in [7, 11) is 0. The number of hydrogen-bond donors (Lipinski definition) is 2. The van der Waals surface area contributed by atoms with Gasteiger partial charge in [-0.3, -0.25) is 10.1 Å². The van der Waals surface area contributed by atoms with Crippen LogP contribution in [0.2, 0.25) is 0 Å². The molecular formula is C18H21N3O3. The third kappa shape index (κ3) is 4.55. The lowest BCUT2D eigenvalue weighted by atomic mass is 9.93. The lowest BCUT2D eigenvalue weighted by Gasteiger charge is -2.12. The number of urea groups is 1. The summed E-state index contributed by atoms with van der Waals surface area (Å²) in [5.74, 6) is 0.952. The Kier molecular flexibility index (Phi) is 5.18. The fraction of sp³-hybridized carbons (Fsp3) is 0.278. The fourth-order valence-electron chi connectivity index (χ4n) is 1.93. The van der Waals surface area contributed by atoms with Crippen molar-refractivity contribution in [2.45, 2.75) is 33.1 Å². The number of anilines is 2. The minimum Gasteiger partial charge on any atom is -0.359 e. The summed E-state index contributed by atoms with van der Waals surface area (Å²) in [5, 5.41) is 9.11. The van der Waals surface area contributed by atoms with Crippen LogP contribution in [0.4, 0.5) is 16.3 Å². The molecule has 0 radical (unpaired) electrons. The molecule has 6 heteroatoms. The summed E-state index contributed by atoms with van der Waals surface area (Å²) in [5.41, 5.74) is 0.952. The van der Waals surface area contributed by atoms with Gasteiger partial charge in [0.2, 0.25) is 0 Å². The molecule has 2 aromatic rings. The molecule has 0 saturated carbocycles. The molecular weight excluding hydrogens is 306 g/mol. The number of rotatable bonds is 4. The first-order chi connectivity index (χ1) is 11.3. The molecule has 0 aliphatic carbocycles. The van der Waals surface area contributed by atoms with Gasteiger partial charge in [-0.25, -0.2) is 4.79 Å². The third-order valence-electron chi connectivity index (χ3n) is 3.24. The van der Waals surface area contributed by atoms with Gasteiger partial charge in [-0.1, -0.05) is 32.0 Å². The normalized spacial score (nSPS) is 11.5. The van der Waals surface area contributed by atoms with Gasteiger partial charge < -0.3 is 9.84 Å². The van der Waals surface area contributed by atoms with E-state index in [1.54, 1.807) is 43.3 Å². The molecule has 1 heterocycles. The number of benzene rings is 1. The van der Waals surface area contributed by atoms with Crippen molar-refractivity contribution in [2.75, 3.05) is 10.6 Å². The molecule has 0 atom stereocenters. The third-order valence-corrected chi connectivity index (χ3v) is 3.24. The minimum absolute atomic E-state index is 0.0780. The SMILES string of the molecule is CC=CC(=O)c1ccc(NC(=O)Nc2cc(C(C)(C)C)on2)cc1. The van der Waals surface area contributed by atoms with Gasteiger partial charge in [-0.15, -0.1) is 0 Å². The maximum absolute atomic E-state index is 12.0. The van der Waals surface area contributed by atoms with E-state index in [9.17, 15) is 9.59 Å². The molecule has 0 saturated heterocycles. The molecule has 0 unspecified atom stereocenters. The second-order valence-corrected chi connectivity index (χ2v) is 6.35. The van der Waals surface area contributed by atoms with E-state index in [-0.39, 0.29) is 11.2 Å². The summed E-state index contributed by atoms with van der Waals surface area (Å²) in [4.78, 5) is 23.7. The molecule has 0 aliphatic rings. The van der Waals surface area contributed by atoms with E-state index >= 15 is 0 Å². The Morgan fingerprint density at radius 1 is 1.12 bits per heavy atom. The maximum atomic E-state index is 12.0. The lowest BCUT2D eigenvalue weighted by Crippen LogP contribution is -2.19. The van der Waals surface area contributed by atoms with Crippen molar-refractivity contribution in [3.05, 3.63) is 53.8 Å². The largest absolute Gasteiger partial charge is 0.359 e. The minimum atomic E-state index is -0.434. The molecule has 1 aromatic heterocycles. The van der Waals surface area contributed by atoms with Gasteiger partial charge in [-0.05, 0) is 37.3 Å². The molecule has 0 fully saturated rings. The zero-order valence-electron chi connectivity index (χ0n) is 14.2. The van der Waals surface area contributed by atoms with Gasteiger partial charge in [0.25, 0.3) is 0 Å². The summed E-state index contributed by atoms with van der Waals surface area (Å²) in [6, 6.07) is 7.91. The first-order valence-corrected chi connectivity index (χ1v) is 7.62. The van der Waals surface area contributed by atoms with E-state index in [2.05, 4.69) is 15.8 Å². The molecule has 2 rings (SSSR count). The molecule has 0 aliphatic heterocycles. The van der Waals surface area contributed by atoms with E-state index in [0.29, 0.717) is 22.8 Å². The summed E-state index contributed by atoms with van der Waals surface area (Å²) in [6.45, 7) is 7.77. The van der Waals surface area contributed by atoms with Crippen molar-refractivity contribution < 1.29 is 14.1 Å². The summed E-state index contributed by atoms with van der Waals surface area (Å²) < 4.78 is 5.21. The van der Waals surface area contributed by atoms with E-state index in [4.69, 9.17) is 4.52 Å². The Hall–Kier alpha value is -2.89. The standard InChI is InChI=1S/C18H21N3O3/c1-5-6-14(22)12-7-9-13(10-8-12)19-17(23)20-16-11-15(24-21-16)18(2,3)4/h5-11H,1-4H3,(H2,19,20,21,23).